The van der Waals surface area contributed by atoms with Gasteiger partial charge in [0.25, 0.3) is 5.91 Å². The Kier molecular flexibility index (Phi) is 5.96. The lowest BCUT2D eigenvalue weighted by atomic mass is 10.1. The zero-order chi connectivity index (χ0) is 19.1. The van der Waals surface area contributed by atoms with Crippen molar-refractivity contribution < 1.29 is 19.4 Å². The zero-order valence-electron chi connectivity index (χ0n) is 14.2. The molecule has 0 aromatic heterocycles. The van der Waals surface area contributed by atoms with Crippen LogP contribution in [0.5, 0.6) is 11.5 Å². The van der Waals surface area contributed by atoms with Gasteiger partial charge < -0.3 is 20.5 Å². The Bertz CT molecular complexity index is 896. The molecule has 2 amide bonds. The number of methoxy groups -OCH3 is 1. The number of carbonyl (C=O) groups is 2. The van der Waals surface area contributed by atoms with Gasteiger partial charge in [-0.05, 0) is 48.0 Å². The van der Waals surface area contributed by atoms with Crippen molar-refractivity contribution in [1.29, 1.82) is 5.26 Å². The van der Waals surface area contributed by atoms with E-state index in [1.807, 2.05) is 6.07 Å². The number of nitrogens with one attached hydrogen (secondary N) is 2. The summed E-state index contributed by atoms with van der Waals surface area (Å²) in [5, 5.41) is 24.2. The third-order valence-corrected chi connectivity index (χ3v) is 3.34. The summed E-state index contributed by atoms with van der Waals surface area (Å²) in [6.07, 6.45) is 1.36. The van der Waals surface area contributed by atoms with Crippen molar-refractivity contribution >= 4 is 29.3 Å². The standard InChI is InChI=1S/C19H17N3O4/c1-12(23)21-15-4-6-16(7-5-15)22-19(25)14(11-20)9-13-3-8-18(26-2)17(24)10-13/h3-10,24H,1-2H3,(H,21,23)(H,22,25)/b14-9+. The van der Waals surface area contributed by atoms with Crippen molar-refractivity contribution in [2.75, 3.05) is 17.7 Å². The molecule has 0 saturated heterocycles. The van der Waals surface area contributed by atoms with Crippen molar-refractivity contribution in [1.82, 2.24) is 0 Å². The van der Waals surface area contributed by atoms with E-state index in [-0.39, 0.29) is 17.2 Å². The summed E-state index contributed by atoms with van der Waals surface area (Å²) in [7, 11) is 1.43. The van der Waals surface area contributed by atoms with E-state index in [9.17, 15) is 20.0 Å². The minimum absolute atomic E-state index is 0.0903. The molecule has 0 saturated carbocycles. The van der Waals surface area contributed by atoms with Gasteiger partial charge in [-0.2, -0.15) is 5.26 Å². The van der Waals surface area contributed by atoms with Gasteiger partial charge in [0.2, 0.25) is 5.91 Å². The molecule has 2 aromatic carbocycles. The van der Waals surface area contributed by atoms with E-state index in [2.05, 4.69) is 10.6 Å². The minimum Gasteiger partial charge on any atom is -0.504 e. The molecular formula is C19H17N3O4. The van der Waals surface area contributed by atoms with Crippen molar-refractivity contribution in [2.45, 2.75) is 6.92 Å². The minimum atomic E-state index is -0.588. The molecule has 0 radical (unpaired) electrons. The average Bonchev–Trinajstić information content (AvgIpc) is 2.61. The monoisotopic (exact) mass is 351 g/mol. The van der Waals surface area contributed by atoms with Gasteiger partial charge in [0.1, 0.15) is 11.6 Å². The summed E-state index contributed by atoms with van der Waals surface area (Å²) in [5.41, 5.74) is 1.43. The topological polar surface area (TPSA) is 111 Å². The fraction of sp³-hybridized carbons (Fsp3) is 0.105. The Morgan fingerprint density at radius 2 is 1.73 bits per heavy atom. The van der Waals surface area contributed by atoms with Crippen molar-refractivity contribution in [3.05, 3.63) is 53.6 Å². The number of nitrogens with zero attached hydrogens (tertiary/aromatic N) is 1. The van der Waals surface area contributed by atoms with E-state index >= 15 is 0 Å². The number of rotatable bonds is 5. The number of ether oxygens (including phenoxy) is 1. The molecule has 0 aliphatic carbocycles. The van der Waals surface area contributed by atoms with Crippen LogP contribution < -0.4 is 15.4 Å². The second kappa shape index (κ2) is 8.35. The van der Waals surface area contributed by atoms with Crippen LogP contribution in [-0.4, -0.2) is 24.0 Å². The maximum Gasteiger partial charge on any atom is 0.266 e. The maximum atomic E-state index is 12.3. The molecule has 0 aliphatic heterocycles. The summed E-state index contributed by atoms with van der Waals surface area (Å²) in [5.74, 6) is -0.578. The number of nitriles is 1. The Balaban J connectivity index is 2.14. The molecule has 26 heavy (non-hydrogen) atoms. The lowest BCUT2D eigenvalue weighted by molar-refractivity contribution is -0.114. The molecule has 7 heteroatoms. The van der Waals surface area contributed by atoms with Crippen LogP contribution >= 0.6 is 0 Å². The van der Waals surface area contributed by atoms with Crippen LogP contribution in [0.1, 0.15) is 12.5 Å². The summed E-state index contributed by atoms with van der Waals surface area (Å²) >= 11 is 0. The number of amides is 2. The van der Waals surface area contributed by atoms with Crippen LogP contribution in [0, 0.1) is 11.3 Å². The molecule has 0 fully saturated rings. The highest BCUT2D eigenvalue weighted by molar-refractivity contribution is 6.09. The second-order valence-electron chi connectivity index (χ2n) is 5.31. The van der Waals surface area contributed by atoms with E-state index in [0.717, 1.165) is 0 Å². The van der Waals surface area contributed by atoms with Crippen molar-refractivity contribution in [2.24, 2.45) is 0 Å². The number of phenols is 1. The van der Waals surface area contributed by atoms with E-state index < -0.39 is 5.91 Å². The quantitative estimate of drug-likeness (QED) is 0.566. The number of carbonyl (C=O) groups excluding carboxylic acids is 2. The van der Waals surface area contributed by atoms with Gasteiger partial charge in [0.05, 0.1) is 7.11 Å². The first-order valence-corrected chi connectivity index (χ1v) is 7.60. The van der Waals surface area contributed by atoms with Crippen LogP contribution in [0.4, 0.5) is 11.4 Å². The molecule has 2 aromatic rings. The smallest absolute Gasteiger partial charge is 0.266 e. The Hall–Kier alpha value is -3.79. The first-order chi connectivity index (χ1) is 12.4. The molecule has 0 spiro atoms. The number of benzene rings is 2. The van der Waals surface area contributed by atoms with Crippen LogP contribution in [0.3, 0.4) is 0 Å². The lowest BCUT2D eigenvalue weighted by Gasteiger charge is -2.07. The number of anilines is 2. The third kappa shape index (κ3) is 4.85. The first-order valence-electron chi connectivity index (χ1n) is 7.60. The van der Waals surface area contributed by atoms with Crippen LogP contribution in [-0.2, 0) is 9.59 Å². The summed E-state index contributed by atoms with van der Waals surface area (Å²) in [4.78, 5) is 23.3. The predicted octanol–water partition coefficient (Wildman–Crippen LogP) is 2.90. The van der Waals surface area contributed by atoms with Gasteiger partial charge in [-0.25, -0.2) is 0 Å². The average molecular weight is 351 g/mol. The number of phenolic OH excluding ortho intramolecular Hbond substituents is 1. The SMILES string of the molecule is COc1ccc(/C=C(\C#N)C(=O)Nc2ccc(NC(C)=O)cc2)cc1O. The molecule has 2 rings (SSSR count). The molecule has 0 aliphatic rings. The third-order valence-electron chi connectivity index (χ3n) is 3.34. The van der Waals surface area contributed by atoms with E-state index in [1.54, 1.807) is 30.3 Å². The van der Waals surface area contributed by atoms with E-state index in [1.165, 1.54) is 32.2 Å². The molecule has 3 N–H and O–H groups in total. The van der Waals surface area contributed by atoms with Gasteiger partial charge in [-0.1, -0.05) is 6.07 Å². The van der Waals surface area contributed by atoms with Gasteiger partial charge in [-0.3, -0.25) is 9.59 Å². The molecule has 132 valence electrons. The molecule has 0 atom stereocenters. The molecule has 7 nitrogen and oxygen atoms in total. The molecule has 0 heterocycles. The number of hydrogen-bond acceptors (Lipinski definition) is 5. The Morgan fingerprint density at radius 3 is 2.23 bits per heavy atom. The Morgan fingerprint density at radius 1 is 1.12 bits per heavy atom. The number of hydrogen-bond donors (Lipinski definition) is 3. The molecule has 0 bridgehead atoms. The summed E-state index contributed by atoms with van der Waals surface area (Å²) < 4.78 is 4.95. The first kappa shape index (κ1) is 18.5. The van der Waals surface area contributed by atoms with Crippen molar-refractivity contribution in [3.63, 3.8) is 0 Å². The predicted molar refractivity (Wildman–Crippen MR) is 97.6 cm³/mol. The number of aromatic hydroxyl groups is 1. The normalized spacial score (nSPS) is 10.6. The highest BCUT2D eigenvalue weighted by Gasteiger charge is 2.10. The summed E-state index contributed by atoms with van der Waals surface area (Å²) in [6, 6.07) is 12.9. The van der Waals surface area contributed by atoms with Gasteiger partial charge in [-0.15, -0.1) is 0 Å². The summed E-state index contributed by atoms with van der Waals surface area (Å²) in [6.45, 7) is 1.40. The zero-order valence-corrected chi connectivity index (χ0v) is 14.2. The van der Waals surface area contributed by atoms with Crippen LogP contribution in [0.15, 0.2) is 48.0 Å². The second-order valence-corrected chi connectivity index (χ2v) is 5.31. The van der Waals surface area contributed by atoms with Gasteiger partial charge in [0, 0.05) is 18.3 Å². The lowest BCUT2D eigenvalue weighted by Crippen LogP contribution is -2.13. The van der Waals surface area contributed by atoms with Gasteiger partial charge >= 0.3 is 0 Å². The fourth-order valence-electron chi connectivity index (χ4n) is 2.15. The fourth-order valence-corrected chi connectivity index (χ4v) is 2.15. The molecule has 0 unspecified atom stereocenters. The molecular weight excluding hydrogens is 334 g/mol. The van der Waals surface area contributed by atoms with Crippen LogP contribution in [0.25, 0.3) is 6.08 Å². The van der Waals surface area contributed by atoms with Crippen LogP contribution in [0.2, 0.25) is 0 Å². The van der Waals surface area contributed by atoms with E-state index in [4.69, 9.17) is 4.74 Å². The van der Waals surface area contributed by atoms with Crippen molar-refractivity contribution in [3.8, 4) is 17.6 Å². The highest BCUT2D eigenvalue weighted by atomic mass is 16.5. The maximum absolute atomic E-state index is 12.3. The largest absolute Gasteiger partial charge is 0.504 e. The van der Waals surface area contributed by atoms with E-state index in [0.29, 0.717) is 22.7 Å². The highest BCUT2D eigenvalue weighted by Crippen LogP contribution is 2.27. The van der Waals surface area contributed by atoms with Gasteiger partial charge in [0.15, 0.2) is 11.5 Å². The Labute approximate surface area is 150 Å².